The number of hydrogen-bond acceptors (Lipinski definition) is 2. The van der Waals surface area contributed by atoms with Crippen LogP contribution in [0.15, 0.2) is 24.3 Å². The van der Waals surface area contributed by atoms with Gasteiger partial charge in [-0.25, -0.2) is 0 Å². The Morgan fingerprint density at radius 2 is 1.67 bits per heavy atom. The zero-order chi connectivity index (χ0) is 10.9. The Kier molecular flexibility index (Phi) is 2.99. The quantitative estimate of drug-likeness (QED) is 0.678. The molecular formula is C12H18NOP. The van der Waals surface area contributed by atoms with Crippen molar-refractivity contribution in [3.05, 3.63) is 29.8 Å². The largest absolute Gasteiger partial charge is 0.319 e. The second-order valence-corrected chi connectivity index (χ2v) is 7.66. The third-order valence-corrected chi connectivity index (χ3v) is 6.27. The molecule has 82 valence electrons. The molecule has 2 rings (SSSR count). The van der Waals surface area contributed by atoms with E-state index in [0.717, 1.165) is 30.7 Å². The van der Waals surface area contributed by atoms with Crippen LogP contribution in [0.25, 0.3) is 0 Å². The topological polar surface area (TPSA) is 20.3 Å². The van der Waals surface area contributed by atoms with Gasteiger partial charge in [0, 0.05) is 30.7 Å². The van der Waals surface area contributed by atoms with Gasteiger partial charge in [0.05, 0.1) is 0 Å². The molecule has 1 saturated heterocycles. The van der Waals surface area contributed by atoms with Crippen LogP contribution in [-0.2, 0) is 4.57 Å². The molecule has 0 bridgehead atoms. The first-order valence-corrected chi connectivity index (χ1v) is 7.52. The Balaban J connectivity index is 2.23. The zero-order valence-electron chi connectivity index (χ0n) is 9.44. The third-order valence-electron chi connectivity index (χ3n) is 3.19. The Morgan fingerprint density at radius 3 is 2.20 bits per heavy atom. The maximum Gasteiger partial charge on any atom is 0.118 e. The summed E-state index contributed by atoms with van der Waals surface area (Å²) in [6.07, 6.45) is 1.68. The number of hydrogen-bond donors (Lipinski definition) is 0. The maximum atomic E-state index is 12.7. The average Bonchev–Trinajstić information content (AvgIpc) is 2.24. The molecule has 2 nitrogen and oxygen atoms in total. The molecule has 0 saturated carbocycles. The summed E-state index contributed by atoms with van der Waals surface area (Å²) in [5.41, 5.74) is 1.24. The molecule has 3 heteroatoms. The number of nitrogens with zero attached hydrogens (tertiary/aromatic N) is 1. The molecule has 0 aliphatic carbocycles. The van der Waals surface area contributed by atoms with Crippen molar-refractivity contribution in [3.63, 3.8) is 0 Å². The van der Waals surface area contributed by atoms with Crippen molar-refractivity contribution in [2.24, 2.45) is 0 Å². The Bertz CT molecular complexity index is 373. The van der Waals surface area contributed by atoms with Gasteiger partial charge >= 0.3 is 0 Å². The first-order chi connectivity index (χ1) is 7.10. The van der Waals surface area contributed by atoms with Crippen LogP contribution in [0.5, 0.6) is 0 Å². The van der Waals surface area contributed by atoms with Gasteiger partial charge in [-0.05, 0) is 14.0 Å². The van der Waals surface area contributed by atoms with Gasteiger partial charge in [0.2, 0.25) is 0 Å². The Hall–Kier alpha value is -0.590. The lowest BCUT2D eigenvalue weighted by Gasteiger charge is -2.29. The summed E-state index contributed by atoms with van der Waals surface area (Å²) in [7, 11) is 0.0312. The first-order valence-electron chi connectivity index (χ1n) is 5.44. The SMILES string of the molecule is Cc1ccc(P2(=O)CCN(C)CC2)cc1. The normalized spacial score (nSPS) is 21.5. The van der Waals surface area contributed by atoms with Gasteiger partial charge in [0.15, 0.2) is 0 Å². The van der Waals surface area contributed by atoms with Gasteiger partial charge in [0.25, 0.3) is 0 Å². The molecule has 1 aromatic rings. The summed E-state index contributed by atoms with van der Waals surface area (Å²) in [6, 6.07) is 8.21. The van der Waals surface area contributed by atoms with Crippen LogP contribution in [0, 0.1) is 6.92 Å². The van der Waals surface area contributed by atoms with Crippen molar-refractivity contribution in [3.8, 4) is 0 Å². The average molecular weight is 223 g/mol. The zero-order valence-corrected chi connectivity index (χ0v) is 10.3. The fourth-order valence-electron chi connectivity index (χ4n) is 1.96. The van der Waals surface area contributed by atoms with Crippen molar-refractivity contribution in [1.82, 2.24) is 4.90 Å². The lowest BCUT2D eigenvalue weighted by molar-refractivity contribution is 0.361. The fourth-order valence-corrected chi connectivity index (χ4v) is 4.72. The van der Waals surface area contributed by atoms with E-state index >= 15 is 0 Å². The first kappa shape index (κ1) is 10.9. The van der Waals surface area contributed by atoms with Gasteiger partial charge in [-0.3, -0.25) is 0 Å². The van der Waals surface area contributed by atoms with E-state index in [2.05, 4.69) is 31.0 Å². The molecule has 0 N–H and O–H groups in total. The predicted molar refractivity (Wildman–Crippen MR) is 65.7 cm³/mol. The standard InChI is InChI=1S/C12H18NOP/c1-11-3-5-12(6-4-11)15(14)9-7-13(2)8-10-15/h3-6H,7-10H2,1-2H3. The molecule has 0 radical (unpaired) electrons. The van der Waals surface area contributed by atoms with Crippen molar-refractivity contribution >= 4 is 12.4 Å². The molecule has 0 aromatic heterocycles. The monoisotopic (exact) mass is 223 g/mol. The number of aryl methyl sites for hydroxylation is 1. The van der Waals surface area contributed by atoms with Crippen LogP contribution in [0.2, 0.25) is 0 Å². The van der Waals surface area contributed by atoms with Crippen molar-refractivity contribution in [2.75, 3.05) is 32.5 Å². The van der Waals surface area contributed by atoms with E-state index in [9.17, 15) is 4.57 Å². The van der Waals surface area contributed by atoms with E-state index in [0.29, 0.717) is 0 Å². The van der Waals surface area contributed by atoms with Gasteiger partial charge in [-0.1, -0.05) is 29.8 Å². The van der Waals surface area contributed by atoms with E-state index in [1.807, 2.05) is 12.1 Å². The number of rotatable bonds is 1. The maximum absolute atomic E-state index is 12.7. The summed E-state index contributed by atoms with van der Waals surface area (Å²) in [5.74, 6) is 0. The van der Waals surface area contributed by atoms with Crippen LogP contribution in [0.3, 0.4) is 0 Å². The van der Waals surface area contributed by atoms with Gasteiger partial charge < -0.3 is 9.46 Å². The molecule has 1 aliphatic heterocycles. The summed E-state index contributed by atoms with van der Waals surface area (Å²) in [5, 5.41) is 1.07. The molecule has 0 spiro atoms. The smallest absolute Gasteiger partial charge is 0.118 e. The molecule has 0 amide bonds. The van der Waals surface area contributed by atoms with Gasteiger partial charge in [-0.2, -0.15) is 0 Å². The van der Waals surface area contributed by atoms with Gasteiger partial charge in [-0.15, -0.1) is 0 Å². The molecule has 0 unspecified atom stereocenters. The van der Waals surface area contributed by atoms with Crippen molar-refractivity contribution in [2.45, 2.75) is 6.92 Å². The minimum atomic E-state index is -2.06. The third kappa shape index (κ3) is 2.32. The predicted octanol–water partition coefficient (Wildman–Crippen LogP) is 1.93. The number of benzene rings is 1. The molecule has 1 aromatic carbocycles. The molecular weight excluding hydrogens is 205 g/mol. The second-order valence-electron chi connectivity index (χ2n) is 4.48. The summed E-state index contributed by atoms with van der Waals surface area (Å²) in [4.78, 5) is 2.25. The van der Waals surface area contributed by atoms with E-state index in [4.69, 9.17) is 0 Å². The summed E-state index contributed by atoms with van der Waals surface area (Å²) >= 11 is 0. The Labute approximate surface area is 91.7 Å². The van der Waals surface area contributed by atoms with Crippen LogP contribution in [0.1, 0.15) is 5.56 Å². The van der Waals surface area contributed by atoms with Crippen LogP contribution < -0.4 is 5.30 Å². The lowest BCUT2D eigenvalue weighted by atomic mass is 10.2. The lowest BCUT2D eigenvalue weighted by Crippen LogP contribution is -2.34. The van der Waals surface area contributed by atoms with E-state index < -0.39 is 7.14 Å². The minimum absolute atomic E-state index is 0.840. The summed E-state index contributed by atoms with van der Waals surface area (Å²) in [6.45, 7) is 3.99. The molecule has 0 atom stereocenters. The van der Waals surface area contributed by atoms with Crippen LogP contribution >= 0.6 is 7.14 Å². The highest BCUT2D eigenvalue weighted by molar-refractivity contribution is 7.71. The second kappa shape index (κ2) is 4.11. The molecule has 1 heterocycles. The fraction of sp³-hybridized carbons (Fsp3) is 0.500. The van der Waals surface area contributed by atoms with E-state index in [1.165, 1.54) is 5.56 Å². The van der Waals surface area contributed by atoms with Crippen molar-refractivity contribution < 1.29 is 4.57 Å². The Morgan fingerprint density at radius 1 is 1.13 bits per heavy atom. The molecule has 1 aliphatic rings. The summed E-state index contributed by atoms with van der Waals surface area (Å²) < 4.78 is 12.7. The molecule has 1 fully saturated rings. The van der Waals surface area contributed by atoms with E-state index in [-0.39, 0.29) is 0 Å². The molecule has 15 heavy (non-hydrogen) atoms. The van der Waals surface area contributed by atoms with E-state index in [1.54, 1.807) is 0 Å². The highest BCUT2D eigenvalue weighted by Crippen LogP contribution is 2.45. The highest BCUT2D eigenvalue weighted by atomic mass is 31.2. The van der Waals surface area contributed by atoms with Crippen molar-refractivity contribution in [1.29, 1.82) is 0 Å². The van der Waals surface area contributed by atoms with Crippen LogP contribution in [0.4, 0.5) is 0 Å². The highest BCUT2D eigenvalue weighted by Gasteiger charge is 2.28. The minimum Gasteiger partial charge on any atom is -0.319 e. The van der Waals surface area contributed by atoms with Gasteiger partial charge in [0.1, 0.15) is 7.14 Å². The van der Waals surface area contributed by atoms with Crippen LogP contribution in [-0.4, -0.2) is 37.4 Å².